The number of nitriles is 1. The standard InChI is InChI=1S/C14H15ClN2O3S/c15-12-3-1-2-4-13(12)21(19,20)11-6-5-10(9-11)14(18)17-8-7-16/h1-4,10-11H,5-6,8-9H2,(H,17,18)/t10-,11+/m1/s1. The van der Waals surface area contributed by atoms with Crippen molar-refractivity contribution in [1.29, 1.82) is 5.26 Å². The third-order valence-corrected chi connectivity index (χ3v) is 6.40. The Morgan fingerprint density at radius 1 is 1.38 bits per heavy atom. The summed E-state index contributed by atoms with van der Waals surface area (Å²) in [5.41, 5.74) is 0. The zero-order valence-corrected chi connectivity index (χ0v) is 12.8. The Bertz CT molecular complexity index is 682. The van der Waals surface area contributed by atoms with Gasteiger partial charge in [-0.3, -0.25) is 4.79 Å². The minimum atomic E-state index is -3.53. The number of carbonyl (C=O) groups is 1. The molecule has 1 aromatic carbocycles. The van der Waals surface area contributed by atoms with Crippen molar-refractivity contribution >= 4 is 27.3 Å². The van der Waals surface area contributed by atoms with E-state index < -0.39 is 15.1 Å². The predicted octanol–water partition coefficient (Wildman–Crippen LogP) is 1.92. The number of hydrogen-bond donors (Lipinski definition) is 1. The fraction of sp³-hybridized carbons (Fsp3) is 0.429. The van der Waals surface area contributed by atoms with Crippen molar-refractivity contribution < 1.29 is 13.2 Å². The van der Waals surface area contributed by atoms with Crippen LogP contribution in [-0.2, 0) is 14.6 Å². The van der Waals surface area contributed by atoms with Gasteiger partial charge in [0.05, 0.1) is 21.2 Å². The fourth-order valence-electron chi connectivity index (χ4n) is 2.59. The Labute approximate surface area is 128 Å². The topological polar surface area (TPSA) is 87.0 Å². The van der Waals surface area contributed by atoms with E-state index in [4.69, 9.17) is 16.9 Å². The number of sulfone groups is 1. The molecule has 1 aliphatic rings. The van der Waals surface area contributed by atoms with Crippen molar-refractivity contribution in [2.24, 2.45) is 5.92 Å². The van der Waals surface area contributed by atoms with E-state index in [1.54, 1.807) is 18.2 Å². The molecule has 1 N–H and O–H groups in total. The smallest absolute Gasteiger partial charge is 0.223 e. The molecule has 112 valence electrons. The van der Waals surface area contributed by atoms with Gasteiger partial charge >= 0.3 is 0 Å². The lowest BCUT2D eigenvalue weighted by Crippen LogP contribution is -2.30. The number of nitrogens with one attached hydrogen (secondary N) is 1. The van der Waals surface area contributed by atoms with Crippen LogP contribution in [-0.4, -0.2) is 26.1 Å². The van der Waals surface area contributed by atoms with E-state index in [9.17, 15) is 13.2 Å². The molecule has 0 radical (unpaired) electrons. The molecule has 0 aliphatic heterocycles. The van der Waals surface area contributed by atoms with Gasteiger partial charge in [0.15, 0.2) is 9.84 Å². The van der Waals surface area contributed by atoms with E-state index in [0.29, 0.717) is 12.8 Å². The average Bonchev–Trinajstić information content (AvgIpc) is 2.95. The predicted molar refractivity (Wildman–Crippen MR) is 78.4 cm³/mol. The zero-order chi connectivity index (χ0) is 15.5. The second-order valence-corrected chi connectivity index (χ2v) is 7.59. The molecule has 1 saturated carbocycles. The molecule has 0 spiro atoms. The summed E-state index contributed by atoms with van der Waals surface area (Å²) in [6.45, 7) is -0.0583. The molecule has 2 rings (SSSR count). The van der Waals surface area contributed by atoms with E-state index in [0.717, 1.165) is 0 Å². The van der Waals surface area contributed by atoms with Crippen molar-refractivity contribution in [3.63, 3.8) is 0 Å². The van der Waals surface area contributed by atoms with Crippen LogP contribution in [0.1, 0.15) is 19.3 Å². The Morgan fingerprint density at radius 3 is 2.76 bits per heavy atom. The maximum absolute atomic E-state index is 12.6. The van der Waals surface area contributed by atoms with E-state index >= 15 is 0 Å². The molecule has 1 fully saturated rings. The van der Waals surface area contributed by atoms with Crippen molar-refractivity contribution in [1.82, 2.24) is 5.32 Å². The van der Waals surface area contributed by atoms with Crippen molar-refractivity contribution in [2.75, 3.05) is 6.54 Å². The van der Waals surface area contributed by atoms with Crippen LogP contribution in [0.25, 0.3) is 0 Å². The number of nitrogens with zero attached hydrogens (tertiary/aromatic N) is 1. The first-order chi connectivity index (χ1) is 9.96. The van der Waals surface area contributed by atoms with Crippen LogP contribution in [0.4, 0.5) is 0 Å². The van der Waals surface area contributed by atoms with Gasteiger partial charge in [0, 0.05) is 5.92 Å². The van der Waals surface area contributed by atoms with E-state index in [-0.39, 0.29) is 34.7 Å². The molecule has 5 nitrogen and oxygen atoms in total. The highest BCUT2D eigenvalue weighted by Gasteiger charge is 2.38. The molecule has 0 unspecified atom stereocenters. The largest absolute Gasteiger partial charge is 0.343 e. The minimum absolute atomic E-state index is 0.0583. The number of amides is 1. The molecule has 2 atom stereocenters. The third-order valence-electron chi connectivity index (χ3n) is 3.68. The number of benzene rings is 1. The first-order valence-electron chi connectivity index (χ1n) is 6.60. The normalized spacial score (nSPS) is 21.7. The lowest BCUT2D eigenvalue weighted by molar-refractivity contribution is -0.124. The van der Waals surface area contributed by atoms with Gasteiger partial charge in [-0.1, -0.05) is 23.7 Å². The number of hydrogen-bond acceptors (Lipinski definition) is 4. The lowest BCUT2D eigenvalue weighted by Gasteiger charge is -2.13. The number of rotatable bonds is 4. The highest BCUT2D eigenvalue weighted by atomic mass is 35.5. The summed E-state index contributed by atoms with van der Waals surface area (Å²) in [7, 11) is -3.53. The lowest BCUT2D eigenvalue weighted by atomic mass is 10.1. The molecular weight excluding hydrogens is 312 g/mol. The summed E-state index contributed by atoms with van der Waals surface area (Å²) in [4.78, 5) is 11.9. The van der Waals surface area contributed by atoms with Gasteiger partial charge in [-0.25, -0.2) is 8.42 Å². The molecule has 0 aromatic heterocycles. The van der Waals surface area contributed by atoms with Crippen molar-refractivity contribution in [3.8, 4) is 6.07 Å². The molecule has 0 bridgehead atoms. The van der Waals surface area contributed by atoms with Gasteiger partial charge < -0.3 is 5.32 Å². The van der Waals surface area contributed by atoms with Crippen LogP contribution in [0.5, 0.6) is 0 Å². The Hall–Kier alpha value is -1.58. The van der Waals surface area contributed by atoms with Gasteiger partial charge in [0.2, 0.25) is 5.91 Å². The summed E-state index contributed by atoms with van der Waals surface area (Å²) < 4.78 is 25.1. The molecule has 1 aliphatic carbocycles. The van der Waals surface area contributed by atoms with Gasteiger partial charge in [0.1, 0.15) is 6.54 Å². The van der Waals surface area contributed by atoms with E-state index in [1.807, 2.05) is 6.07 Å². The van der Waals surface area contributed by atoms with Crippen LogP contribution in [0, 0.1) is 17.2 Å². The fourth-order valence-corrected chi connectivity index (χ4v) is 4.94. The molecular formula is C14H15ClN2O3S. The Morgan fingerprint density at radius 2 is 2.10 bits per heavy atom. The first-order valence-corrected chi connectivity index (χ1v) is 8.52. The van der Waals surface area contributed by atoms with Crippen LogP contribution in [0.15, 0.2) is 29.2 Å². The van der Waals surface area contributed by atoms with E-state index in [2.05, 4.69) is 5.32 Å². The van der Waals surface area contributed by atoms with Crippen LogP contribution < -0.4 is 5.32 Å². The second-order valence-electron chi connectivity index (χ2n) is 4.98. The van der Waals surface area contributed by atoms with Crippen LogP contribution in [0.3, 0.4) is 0 Å². The average molecular weight is 327 g/mol. The minimum Gasteiger partial charge on any atom is -0.343 e. The second kappa shape index (κ2) is 6.46. The van der Waals surface area contributed by atoms with Gasteiger partial charge in [-0.2, -0.15) is 5.26 Å². The first kappa shape index (κ1) is 15.8. The molecule has 7 heteroatoms. The summed E-state index contributed by atoms with van der Waals surface area (Å²) in [6, 6.07) is 8.16. The molecule has 0 saturated heterocycles. The number of halogens is 1. The summed E-state index contributed by atoms with van der Waals surface area (Å²) in [5, 5.41) is 10.5. The monoisotopic (exact) mass is 326 g/mol. The maximum atomic E-state index is 12.6. The number of carbonyl (C=O) groups excluding carboxylic acids is 1. The van der Waals surface area contributed by atoms with Crippen LogP contribution in [0.2, 0.25) is 5.02 Å². The summed E-state index contributed by atoms with van der Waals surface area (Å²) in [6.07, 6.45) is 1.20. The molecule has 1 amide bonds. The van der Waals surface area contributed by atoms with E-state index in [1.165, 1.54) is 6.07 Å². The molecule has 21 heavy (non-hydrogen) atoms. The SMILES string of the molecule is N#CCNC(=O)[C@@H]1CC[C@H](S(=O)(=O)c2ccccc2Cl)C1. The summed E-state index contributed by atoms with van der Waals surface area (Å²) in [5.74, 6) is -0.617. The highest BCUT2D eigenvalue weighted by molar-refractivity contribution is 7.92. The highest BCUT2D eigenvalue weighted by Crippen LogP contribution is 2.35. The van der Waals surface area contributed by atoms with Gasteiger partial charge in [0.25, 0.3) is 0 Å². The summed E-state index contributed by atoms with van der Waals surface area (Å²) >= 11 is 5.96. The molecule has 0 heterocycles. The Balaban J connectivity index is 2.13. The Kier molecular flexibility index (Phi) is 4.86. The molecule has 1 aromatic rings. The maximum Gasteiger partial charge on any atom is 0.223 e. The van der Waals surface area contributed by atoms with Crippen molar-refractivity contribution in [2.45, 2.75) is 29.4 Å². The van der Waals surface area contributed by atoms with Crippen LogP contribution >= 0.6 is 11.6 Å². The van der Waals surface area contributed by atoms with Gasteiger partial charge in [-0.15, -0.1) is 0 Å². The van der Waals surface area contributed by atoms with Crippen molar-refractivity contribution in [3.05, 3.63) is 29.3 Å². The third kappa shape index (κ3) is 3.36. The quantitative estimate of drug-likeness (QED) is 0.856. The zero-order valence-electron chi connectivity index (χ0n) is 11.3. The van der Waals surface area contributed by atoms with Gasteiger partial charge in [-0.05, 0) is 31.4 Å².